The van der Waals surface area contributed by atoms with Gasteiger partial charge in [0, 0.05) is 5.92 Å². The van der Waals surface area contributed by atoms with Crippen LogP contribution in [0.5, 0.6) is 5.75 Å². The first-order valence-electron chi connectivity index (χ1n) is 10.3. The molecule has 0 spiro atoms. The van der Waals surface area contributed by atoms with Crippen LogP contribution >= 0.6 is 0 Å². The molecule has 0 bridgehead atoms. The van der Waals surface area contributed by atoms with Crippen molar-refractivity contribution in [3.63, 3.8) is 0 Å². The van der Waals surface area contributed by atoms with E-state index in [1.54, 1.807) is 0 Å². The second-order valence-corrected chi connectivity index (χ2v) is 7.97. The summed E-state index contributed by atoms with van der Waals surface area (Å²) in [6.07, 6.45) is 2.17. The summed E-state index contributed by atoms with van der Waals surface area (Å²) in [5.74, 6) is 2.20. The third-order valence-corrected chi connectivity index (χ3v) is 6.30. The Morgan fingerprint density at radius 3 is 2.39 bits per heavy atom. The summed E-state index contributed by atoms with van der Waals surface area (Å²) in [6, 6.07) is 24.0. The molecule has 2 nitrogen and oxygen atoms in total. The molecule has 1 saturated heterocycles. The number of fused-ring (bicyclic) bond motifs is 3. The normalized spacial score (nSPS) is 16.2. The van der Waals surface area contributed by atoms with Crippen molar-refractivity contribution in [1.29, 1.82) is 0 Å². The van der Waals surface area contributed by atoms with Crippen LogP contribution in [0.15, 0.2) is 66.7 Å². The number of ether oxygens (including phenoxy) is 2. The minimum absolute atomic E-state index is 0.585. The van der Waals surface area contributed by atoms with Gasteiger partial charge in [0.2, 0.25) is 0 Å². The Labute approximate surface area is 167 Å². The third kappa shape index (κ3) is 3.12. The van der Waals surface area contributed by atoms with Gasteiger partial charge in [0.1, 0.15) is 5.75 Å². The molecule has 1 fully saturated rings. The lowest BCUT2D eigenvalue weighted by atomic mass is 9.89. The molecule has 5 rings (SSSR count). The van der Waals surface area contributed by atoms with E-state index in [-0.39, 0.29) is 0 Å². The smallest absolute Gasteiger partial charge is 0.119 e. The van der Waals surface area contributed by atoms with Crippen molar-refractivity contribution in [2.75, 3.05) is 19.8 Å². The third-order valence-electron chi connectivity index (χ3n) is 6.30. The summed E-state index contributed by atoms with van der Waals surface area (Å²) in [5, 5.41) is 0. The fourth-order valence-electron chi connectivity index (χ4n) is 4.48. The molecule has 1 aliphatic carbocycles. The monoisotopic (exact) mass is 370 g/mol. The van der Waals surface area contributed by atoms with E-state index in [1.807, 2.05) is 0 Å². The summed E-state index contributed by atoms with van der Waals surface area (Å²) in [6.45, 7) is 4.80. The van der Waals surface area contributed by atoms with Crippen LogP contribution in [-0.2, 0) is 11.2 Å². The van der Waals surface area contributed by atoms with Crippen molar-refractivity contribution >= 4 is 0 Å². The number of rotatable bonds is 6. The summed E-state index contributed by atoms with van der Waals surface area (Å²) < 4.78 is 11.4. The molecular weight excluding hydrogens is 344 g/mol. The van der Waals surface area contributed by atoms with E-state index in [0.717, 1.165) is 38.4 Å². The van der Waals surface area contributed by atoms with Crippen LogP contribution in [-0.4, -0.2) is 19.8 Å². The Morgan fingerprint density at radius 1 is 0.893 bits per heavy atom. The van der Waals surface area contributed by atoms with Crippen molar-refractivity contribution < 1.29 is 9.47 Å². The lowest BCUT2D eigenvalue weighted by Crippen LogP contribution is -2.36. The highest BCUT2D eigenvalue weighted by atomic mass is 16.5. The molecule has 2 heteroatoms. The van der Waals surface area contributed by atoms with Crippen LogP contribution in [0.25, 0.3) is 22.3 Å². The highest BCUT2D eigenvalue weighted by Crippen LogP contribution is 2.43. The van der Waals surface area contributed by atoms with Gasteiger partial charge in [0.15, 0.2) is 0 Å². The lowest BCUT2D eigenvalue weighted by Gasteiger charge is -2.33. The van der Waals surface area contributed by atoms with Crippen LogP contribution in [0.2, 0.25) is 0 Å². The zero-order valence-corrected chi connectivity index (χ0v) is 16.4. The van der Waals surface area contributed by atoms with E-state index in [4.69, 9.17) is 9.47 Å². The molecule has 1 unspecified atom stereocenters. The Bertz CT molecular complexity index is 970. The number of hydrogen-bond donors (Lipinski definition) is 0. The van der Waals surface area contributed by atoms with Gasteiger partial charge in [0.25, 0.3) is 0 Å². The molecule has 0 radical (unpaired) electrons. The van der Waals surface area contributed by atoms with Crippen LogP contribution in [0.3, 0.4) is 0 Å². The SMILES string of the molecule is CCC(COc1ccc(-c2cccc3c2-c2ccccc2C3)cc1)C1COC1. The molecule has 142 valence electrons. The van der Waals surface area contributed by atoms with Gasteiger partial charge < -0.3 is 9.47 Å². The van der Waals surface area contributed by atoms with E-state index in [9.17, 15) is 0 Å². The topological polar surface area (TPSA) is 18.5 Å². The predicted octanol–water partition coefficient (Wildman–Crippen LogP) is 5.98. The average Bonchev–Trinajstić information content (AvgIpc) is 3.09. The van der Waals surface area contributed by atoms with Gasteiger partial charge in [-0.1, -0.05) is 61.5 Å². The molecule has 28 heavy (non-hydrogen) atoms. The van der Waals surface area contributed by atoms with E-state index in [0.29, 0.717) is 11.8 Å². The highest BCUT2D eigenvalue weighted by molar-refractivity contribution is 5.90. The van der Waals surface area contributed by atoms with E-state index in [2.05, 4.69) is 73.7 Å². The maximum atomic E-state index is 6.10. The molecule has 2 aliphatic rings. The second kappa shape index (κ2) is 7.44. The van der Waals surface area contributed by atoms with Crippen molar-refractivity contribution in [3.8, 4) is 28.0 Å². The fourth-order valence-corrected chi connectivity index (χ4v) is 4.48. The molecule has 1 aliphatic heterocycles. The van der Waals surface area contributed by atoms with Gasteiger partial charge >= 0.3 is 0 Å². The van der Waals surface area contributed by atoms with Gasteiger partial charge in [-0.05, 0) is 64.3 Å². The zero-order valence-electron chi connectivity index (χ0n) is 16.4. The Balaban J connectivity index is 1.37. The standard InChI is InChI=1S/C26H26O2/c1-2-18(22-15-27-16-22)17-28-23-12-10-19(11-13-23)24-9-5-7-21-14-20-6-3-4-8-25(20)26(21)24/h3-13,18,22H,2,14-17H2,1H3. The van der Waals surface area contributed by atoms with Crippen molar-refractivity contribution in [2.45, 2.75) is 19.8 Å². The predicted molar refractivity (Wildman–Crippen MR) is 114 cm³/mol. The maximum absolute atomic E-state index is 6.10. The molecule has 1 heterocycles. The van der Waals surface area contributed by atoms with Crippen LogP contribution < -0.4 is 4.74 Å². The second-order valence-electron chi connectivity index (χ2n) is 7.97. The molecule has 1 atom stereocenters. The summed E-state index contributed by atoms with van der Waals surface area (Å²) in [7, 11) is 0. The Hall–Kier alpha value is -2.58. The fraction of sp³-hybridized carbons (Fsp3) is 0.308. The zero-order chi connectivity index (χ0) is 18.9. The molecule has 0 N–H and O–H groups in total. The van der Waals surface area contributed by atoms with E-state index >= 15 is 0 Å². The van der Waals surface area contributed by atoms with E-state index in [1.165, 1.54) is 33.4 Å². The van der Waals surface area contributed by atoms with Gasteiger partial charge in [0.05, 0.1) is 19.8 Å². The molecule has 3 aromatic carbocycles. The highest BCUT2D eigenvalue weighted by Gasteiger charge is 2.27. The van der Waals surface area contributed by atoms with E-state index < -0.39 is 0 Å². The molecule has 0 amide bonds. The summed E-state index contributed by atoms with van der Waals surface area (Å²) in [4.78, 5) is 0. The summed E-state index contributed by atoms with van der Waals surface area (Å²) in [5.41, 5.74) is 8.18. The first-order valence-corrected chi connectivity index (χ1v) is 10.3. The first-order chi connectivity index (χ1) is 13.8. The minimum atomic E-state index is 0.585. The van der Waals surface area contributed by atoms with Gasteiger partial charge in [-0.3, -0.25) is 0 Å². The molecule has 0 aromatic heterocycles. The van der Waals surface area contributed by atoms with Crippen LogP contribution in [0.4, 0.5) is 0 Å². The van der Waals surface area contributed by atoms with Crippen LogP contribution in [0.1, 0.15) is 24.5 Å². The van der Waals surface area contributed by atoms with Gasteiger partial charge in [-0.15, -0.1) is 0 Å². The largest absolute Gasteiger partial charge is 0.493 e. The average molecular weight is 370 g/mol. The molecular formula is C26H26O2. The first kappa shape index (κ1) is 17.5. The quantitative estimate of drug-likeness (QED) is 0.416. The molecule has 0 saturated carbocycles. The summed E-state index contributed by atoms with van der Waals surface area (Å²) >= 11 is 0. The maximum Gasteiger partial charge on any atom is 0.119 e. The molecule has 3 aromatic rings. The van der Waals surface area contributed by atoms with Crippen molar-refractivity contribution in [1.82, 2.24) is 0 Å². The number of benzene rings is 3. The Morgan fingerprint density at radius 2 is 1.64 bits per heavy atom. The van der Waals surface area contributed by atoms with Crippen LogP contribution in [0, 0.1) is 11.8 Å². The Kier molecular flexibility index (Phi) is 4.66. The van der Waals surface area contributed by atoms with Gasteiger partial charge in [-0.2, -0.15) is 0 Å². The van der Waals surface area contributed by atoms with Gasteiger partial charge in [-0.25, -0.2) is 0 Å². The minimum Gasteiger partial charge on any atom is -0.493 e. The van der Waals surface area contributed by atoms with Crippen molar-refractivity contribution in [3.05, 3.63) is 77.9 Å². The lowest BCUT2D eigenvalue weighted by molar-refractivity contribution is -0.0694. The number of hydrogen-bond acceptors (Lipinski definition) is 2. The van der Waals surface area contributed by atoms with Crippen molar-refractivity contribution in [2.24, 2.45) is 11.8 Å².